The molecule has 118 valence electrons. The molecule has 1 unspecified atom stereocenters. The monoisotopic (exact) mass is 300 g/mol. The Labute approximate surface area is 131 Å². The minimum Gasteiger partial charge on any atom is -0.373 e. The fourth-order valence-electron chi connectivity index (χ4n) is 4.05. The Morgan fingerprint density at radius 2 is 2.05 bits per heavy atom. The number of amides is 1. The second kappa shape index (κ2) is 5.67. The summed E-state index contributed by atoms with van der Waals surface area (Å²) in [5.41, 5.74) is 1.15. The van der Waals surface area contributed by atoms with Crippen molar-refractivity contribution in [2.75, 3.05) is 19.6 Å². The predicted molar refractivity (Wildman–Crippen MR) is 84.3 cm³/mol. The zero-order valence-electron chi connectivity index (χ0n) is 13.0. The van der Waals surface area contributed by atoms with E-state index in [4.69, 9.17) is 4.74 Å². The third-order valence-corrected chi connectivity index (χ3v) is 5.63. The molecule has 1 aromatic rings. The van der Waals surface area contributed by atoms with Crippen LogP contribution in [0.25, 0.3) is 0 Å². The fourth-order valence-corrected chi connectivity index (χ4v) is 4.05. The number of rotatable bonds is 4. The molecule has 1 saturated carbocycles. The van der Waals surface area contributed by atoms with Gasteiger partial charge in [-0.15, -0.1) is 0 Å². The van der Waals surface area contributed by atoms with Crippen molar-refractivity contribution in [2.24, 2.45) is 5.41 Å². The molecule has 3 aliphatic rings. The lowest BCUT2D eigenvalue weighted by atomic mass is 9.84. The van der Waals surface area contributed by atoms with Crippen LogP contribution in [0.4, 0.5) is 0 Å². The van der Waals surface area contributed by atoms with Gasteiger partial charge in [-0.1, -0.05) is 30.3 Å². The van der Waals surface area contributed by atoms with Gasteiger partial charge in [0, 0.05) is 19.1 Å². The number of nitrogens with zero attached hydrogens (tertiary/aromatic N) is 1. The second-order valence-corrected chi connectivity index (χ2v) is 7.00. The Bertz CT molecular complexity index is 533. The first-order valence-electron chi connectivity index (χ1n) is 8.44. The summed E-state index contributed by atoms with van der Waals surface area (Å²) in [5.74, 6) is 0.393. The van der Waals surface area contributed by atoms with Crippen LogP contribution >= 0.6 is 0 Å². The molecule has 1 aliphatic carbocycles. The van der Waals surface area contributed by atoms with Crippen molar-refractivity contribution in [2.45, 2.75) is 44.4 Å². The van der Waals surface area contributed by atoms with Crippen LogP contribution in [0.2, 0.25) is 0 Å². The van der Waals surface area contributed by atoms with Crippen molar-refractivity contribution in [3.8, 4) is 0 Å². The molecule has 1 atom stereocenters. The number of ether oxygens (including phenoxy) is 1. The maximum Gasteiger partial charge on any atom is 0.230 e. The molecule has 4 rings (SSSR count). The highest BCUT2D eigenvalue weighted by molar-refractivity contribution is 5.86. The Morgan fingerprint density at radius 3 is 2.77 bits per heavy atom. The zero-order chi connectivity index (χ0) is 15.0. The largest absolute Gasteiger partial charge is 0.373 e. The number of hydrogen-bond acceptors (Lipinski definition) is 3. The molecule has 1 amide bonds. The molecule has 1 N–H and O–H groups in total. The first kappa shape index (κ1) is 14.2. The van der Waals surface area contributed by atoms with Gasteiger partial charge in [0.2, 0.25) is 5.91 Å². The van der Waals surface area contributed by atoms with E-state index >= 15 is 0 Å². The Kier molecular flexibility index (Phi) is 3.66. The fraction of sp³-hybridized carbons (Fsp3) is 0.611. The minimum atomic E-state index is -0.0734. The summed E-state index contributed by atoms with van der Waals surface area (Å²) >= 11 is 0. The van der Waals surface area contributed by atoms with Crippen LogP contribution in [-0.2, 0) is 16.1 Å². The average molecular weight is 300 g/mol. The van der Waals surface area contributed by atoms with Gasteiger partial charge in [0.05, 0.1) is 18.1 Å². The van der Waals surface area contributed by atoms with Crippen LogP contribution in [0.3, 0.4) is 0 Å². The minimum absolute atomic E-state index is 0.0734. The van der Waals surface area contributed by atoms with Gasteiger partial charge in [-0.05, 0) is 37.8 Å². The van der Waals surface area contributed by atoms with Gasteiger partial charge in [-0.3, -0.25) is 4.79 Å². The third kappa shape index (κ3) is 2.44. The predicted octanol–water partition coefficient (Wildman–Crippen LogP) is 1.95. The van der Waals surface area contributed by atoms with Gasteiger partial charge in [-0.25, -0.2) is 0 Å². The number of benzene rings is 1. The number of hydrogen-bond donors (Lipinski definition) is 1. The van der Waals surface area contributed by atoms with E-state index in [0.717, 1.165) is 45.3 Å². The molecule has 4 nitrogen and oxygen atoms in total. The molecule has 0 bridgehead atoms. The molecule has 1 aromatic carbocycles. The Morgan fingerprint density at radius 1 is 1.23 bits per heavy atom. The summed E-state index contributed by atoms with van der Waals surface area (Å²) in [6, 6.07) is 10.7. The van der Waals surface area contributed by atoms with Crippen molar-refractivity contribution in [3.05, 3.63) is 35.9 Å². The van der Waals surface area contributed by atoms with Crippen molar-refractivity contribution >= 4 is 5.91 Å². The highest BCUT2D eigenvalue weighted by Gasteiger charge is 2.51. The summed E-state index contributed by atoms with van der Waals surface area (Å²) < 4.78 is 5.96. The molecule has 0 radical (unpaired) electrons. The maximum atomic E-state index is 12.7. The summed E-state index contributed by atoms with van der Waals surface area (Å²) in [5, 5.41) is 3.36. The van der Waals surface area contributed by atoms with Crippen molar-refractivity contribution in [3.63, 3.8) is 0 Å². The zero-order valence-corrected chi connectivity index (χ0v) is 13.0. The summed E-state index contributed by atoms with van der Waals surface area (Å²) in [7, 11) is 0. The van der Waals surface area contributed by atoms with Crippen LogP contribution < -0.4 is 5.32 Å². The molecule has 2 heterocycles. The molecular formula is C18H24N2O2. The van der Waals surface area contributed by atoms with Crippen molar-refractivity contribution in [1.82, 2.24) is 10.2 Å². The normalized spacial score (nSPS) is 34.4. The SMILES string of the molecule is O=C1N(C2CC(OCc3ccccc3)C2)CCC12CCNC2. The van der Waals surface area contributed by atoms with Gasteiger partial charge in [0.15, 0.2) is 0 Å². The van der Waals surface area contributed by atoms with E-state index in [9.17, 15) is 4.79 Å². The van der Waals surface area contributed by atoms with E-state index in [1.165, 1.54) is 5.56 Å². The molecule has 4 heteroatoms. The van der Waals surface area contributed by atoms with Crippen molar-refractivity contribution in [1.29, 1.82) is 0 Å². The van der Waals surface area contributed by atoms with Gasteiger partial charge in [0.1, 0.15) is 0 Å². The molecular weight excluding hydrogens is 276 g/mol. The molecule has 22 heavy (non-hydrogen) atoms. The molecule has 3 fully saturated rings. The maximum absolute atomic E-state index is 12.7. The van der Waals surface area contributed by atoms with Crippen molar-refractivity contribution < 1.29 is 9.53 Å². The van der Waals surface area contributed by atoms with E-state index in [1.807, 2.05) is 18.2 Å². The topological polar surface area (TPSA) is 41.6 Å². The summed E-state index contributed by atoms with van der Waals surface area (Å²) in [6.45, 7) is 3.49. The smallest absolute Gasteiger partial charge is 0.230 e. The van der Waals surface area contributed by atoms with Crippen LogP contribution in [0.5, 0.6) is 0 Å². The van der Waals surface area contributed by atoms with Crippen LogP contribution in [0, 0.1) is 5.41 Å². The van der Waals surface area contributed by atoms with E-state index < -0.39 is 0 Å². The molecule has 1 spiro atoms. The van der Waals surface area contributed by atoms with E-state index in [-0.39, 0.29) is 5.41 Å². The summed E-state index contributed by atoms with van der Waals surface area (Å²) in [6.07, 6.45) is 4.37. The Hall–Kier alpha value is -1.39. The standard InChI is InChI=1S/C18H24N2O2/c21-17-18(6-8-19-13-18)7-9-20(17)15-10-16(11-15)22-12-14-4-2-1-3-5-14/h1-5,15-16,19H,6-13H2. The number of carbonyl (C=O) groups excluding carboxylic acids is 1. The third-order valence-electron chi connectivity index (χ3n) is 5.63. The average Bonchev–Trinajstić information content (AvgIpc) is 3.10. The number of nitrogens with one attached hydrogen (secondary N) is 1. The van der Waals surface area contributed by atoms with E-state index in [1.54, 1.807) is 0 Å². The van der Waals surface area contributed by atoms with Crippen LogP contribution in [-0.4, -0.2) is 42.6 Å². The molecule has 0 aromatic heterocycles. The van der Waals surface area contributed by atoms with Crippen LogP contribution in [0.1, 0.15) is 31.2 Å². The van der Waals surface area contributed by atoms with Gasteiger partial charge >= 0.3 is 0 Å². The van der Waals surface area contributed by atoms with E-state index in [0.29, 0.717) is 24.7 Å². The quantitative estimate of drug-likeness (QED) is 0.924. The first-order chi connectivity index (χ1) is 10.8. The highest BCUT2D eigenvalue weighted by atomic mass is 16.5. The van der Waals surface area contributed by atoms with Gasteiger partial charge < -0.3 is 15.0 Å². The molecule has 2 saturated heterocycles. The lowest BCUT2D eigenvalue weighted by Gasteiger charge is -2.41. The summed E-state index contributed by atoms with van der Waals surface area (Å²) in [4.78, 5) is 14.8. The van der Waals surface area contributed by atoms with Gasteiger partial charge in [0.25, 0.3) is 0 Å². The highest BCUT2D eigenvalue weighted by Crippen LogP contribution is 2.41. The van der Waals surface area contributed by atoms with Crippen LogP contribution in [0.15, 0.2) is 30.3 Å². The lowest BCUT2D eigenvalue weighted by Crippen LogP contribution is -2.50. The van der Waals surface area contributed by atoms with E-state index in [2.05, 4.69) is 22.3 Å². The number of likely N-dealkylation sites (tertiary alicyclic amines) is 1. The van der Waals surface area contributed by atoms with Gasteiger partial charge in [-0.2, -0.15) is 0 Å². The Balaban J connectivity index is 1.26. The number of carbonyl (C=O) groups is 1. The molecule has 2 aliphatic heterocycles. The second-order valence-electron chi connectivity index (χ2n) is 7.00. The first-order valence-corrected chi connectivity index (χ1v) is 8.44. The lowest BCUT2D eigenvalue weighted by molar-refractivity contribution is -0.142.